The van der Waals surface area contributed by atoms with Crippen molar-refractivity contribution in [3.63, 3.8) is 0 Å². The van der Waals surface area contributed by atoms with Crippen molar-refractivity contribution < 1.29 is 9.90 Å². The molecule has 2 nitrogen and oxygen atoms in total. The summed E-state index contributed by atoms with van der Waals surface area (Å²) in [6, 6.07) is 8.15. The Kier molecular flexibility index (Phi) is 2.89. The molecule has 2 aliphatic rings. The summed E-state index contributed by atoms with van der Waals surface area (Å²) in [7, 11) is 0. The van der Waals surface area contributed by atoms with Crippen LogP contribution in [0.15, 0.2) is 24.3 Å². The molecule has 0 amide bonds. The Hall–Kier alpha value is -1.31. The van der Waals surface area contributed by atoms with E-state index in [1.807, 2.05) is 18.2 Å². The number of hydrogen-bond acceptors (Lipinski definition) is 1. The third kappa shape index (κ3) is 1.94. The van der Waals surface area contributed by atoms with E-state index in [-0.39, 0.29) is 0 Å². The zero-order valence-corrected chi connectivity index (χ0v) is 10.7. The van der Waals surface area contributed by atoms with Gasteiger partial charge in [0.1, 0.15) is 0 Å². The molecule has 1 atom stereocenters. The van der Waals surface area contributed by atoms with Crippen LogP contribution in [-0.4, -0.2) is 11.1 Å². The minimum atomic E-state index is -0.615. The highest BCUT2D eigenvalue weighted by atomic mass is 16.4. The summed E-state index contributed by atoms with van der Waals surface area (Å²) in [6.45, 7) is 0. The maximum Gasteiger partial charge on any atom is 0.314 e. The van der Waals surface area contributed by atoms with E-state index in [0.717, 1.165) is 43.6 Å². The van der Waals surface area contributed by atoms with Crippen LogP contribution in [0.2, 0.25) is 0 Å². The molecule has 0 aliphatic heterocycles. The van der Waals surface area contributed by atoms with Crippen LogP contribution in [0.4, 0.5) is 0 Å². The molecule has 1 aromatic rings. The predicted molar refractivity (Wildman–Crippen MR) is 70.7 cm³/mol. The summed E-state index contributed by atoms with van der Waals surface area (Å²) < 4.78 is 0. The van der Waals surface area contributed by atoms with Crippen LogP contribution >= 0.6 is 0 Å². The first-order valence-corrected chi connectivity index (χ1v) is 7.04. The van der Waals surface area contributed by atoms with E-state index in [9.17, 15) is 9.90 Å². The van der Waals surface area contributed by atoms with Gasteiger partial charge in [0.25, 0.3) is 0 Å². The highest BCUT2D eigenvalue weighted by molar-refractivity contribution is 5.82. The molecule has 1 unspecified atom stereocenters. The second-order valence-corrected chi connectivity index (χ2v) is 5.88. The largest absolute Gasteiger partial charge is 0.481 e. The normalized spacial score (nSPS) is 26.7. The third-order valence-electron chi connectivity index (χ3n) is 4.67. The number of aliphatic carboxylic acids is 1. The number of hydrogen-bond donors (Lipinski definition) is 1. The van der Waals surface area contributed by atoms with Crippen molar-refractivity contribution >= 4 is 5.97 Å². The van der Waals surface area contributed by atoms with Gasteiger partial charge in [-0.05, 0) is 49.1 Å². The molecule has 18 heavy (non-hydrogen) atoms. The first-order chi connectivity index (χ1) is 8.72. The van der Waals surface area contributed by atoms with Crippen LogP contribution in [0.5, 0.6) is 0 Å². The van der Waals surface area contributed by atoms with E-state index in [1.54, 1.807) is 0 Å². The summed E-state index contributed by atoms with van der Waals surface area (Å²) in [6.07, 6.45) is 7.37. The maximum absolute atomic E-state index is 11.9. The average molecular weight is 244 g/mol. The fourth-order valence-electron chi connectivity index (χ4n) is 3.37. The zero-order chi connectivity index (χ0) is 12.6. The summed E-state index contributed by atoms with van der Waals surface area (Å²) in [4.78, 5) is 11.9. The van der Waals surface area contributed by atoms with E-state index in [0.29, 0.717) is 0 Å². The number of rotatable bonds is 4. The number of carboxylic acid groups (broad SMARTS) is 1. The van der Waals surface area contributed by atoms with Gasteiger partial charge in [-0.25, -0.2) is 0 Å². The Bertz CT molecular complexity index is 462. The minimum Gasteiger partial charge on any atom is -0.481 e. The molecule has 2 aliphatic carbocycles. The molecule has 0 radical (unpaired) electrons. The van der Waals surface area contributed by atoms with Gasteiger partial charge in [-0.2, -0.15) is 0 Å². The topological polar surface area (TPSA) is 37.3 Å². The Balaban J connectivity index is 1.95. The fraction of sp³-hybridized carbons (Fsp3) is 0.562. The Morgan fingerprint density at radius 2 is 2.11 bits per heavy atom. The SMILES string of the molecule is O=C(O)C1(CCC2CC2)CCCc2ccccc21. The Morgan fingerprint density at radius 3 is 2.83 bits per heavy atom. The smallest absolute Gasteiger partial charge is 0.314 e. The number of benzene rings is 1. The lowest BCUT2D eigenvalue weighted by Crippen LogP contribution is -2.39. The van der Waals surface area contributed by atoms with E-state index in [4.69, 9.17) is 0 Å². The minimum absolute atomic E-state index is 0.600. The molecule has 1 fully saturated rings. The molecule has 1 N–H and O–H groups in total. The van der Waals surface area contributed by atoms with Gasteiger partial charge in [0, 0.05) is 0 Å². The zero-order valence-electron chi connectivity index (χ0n) is 10.7. The average Bonchev–Trinajstić information content (AvgIpc) is 3.20. The first kappa shape index (κ1) is 11.8. The van der Waals surface area contributed by atoms with Crippen molar-refractivity contribution in [2.24, 2.45) is 5.92 Å². The van der Waals surface area contributed by atoms with Gasteiger partial charge in [0.15, 0.2) is 0 Å². The highest BCUT2D eigenvalue weighted by Crippen LogP contribution is 2.44. The molecule has 0 spiro atoms. The molecule has 1 aromatic carbocycles. The molecule has 0 saturated heterocycles. The standard InChI is InChI=1S/C16H20O2/c17-15(18)16(11-9-12-7-8-12)10-3-5-13-4-1-2-6-14(13)16/h1-2,4,6,12H,3,5,7-11H2,(H,17,18). The molecule has 1 saturated carbocycles. The molecular formula is C16H20O2. The molecular weight excluding hydrogens is 224 g/mol. The van der Waals surface area contributed by atoms with Gasteiger partial charge in [-0.1, -0.05) is 37.1 Å². The van der Waals surface area contributed by atoms with Crippen molar-refractivity contribution in [2.75, 3.05) is 0 Å². The second kappa shape index (κ2) is 4.42. The van der Waals surface area contributed by atoms with Crippen LogP contribution in [0, 0.1) is 5.92 Å². The van der Waals surface area contributed by atoms with E-state index < -0.39 is 11.4 Å². The molecule has 0 heterocycles. The van der Waals surface area contributed by atoms with Gasteiger partial charge in [-0.3, -0.25) is 4.79 Å². The first-order valence-electron chi connectivity index (χ1n) is 7.04. The van der Waals surface area contributed by atoms with Gasteiger partial charge in [-0.15, -0.1) is 0 Å². The quantitative estimate of drug-likeness (QED) is 0.879. The molecule has 2 heteroatoms. The van der Waals surface area contributed by atoms with Crippen molar-refractivity contribution in [3.05, 3.63) is 35.4 Å². The van der Waals surface area contributed by atoms with Crippen LogP contribution in [0.1, 0.15) is 49.7 Å². The molecule has 3 rings (SSSR count). The maximum atomic E-state index is 11.9. The molecule has 0 aromatic heterocycles. The number of carbonyl (C=O) groups is 1. The lowest BCUT2D eigenvalue weighted by molar-refractivity contribution is -0.145. The van der Waals surface area contributed by atoms with Gasteiger partial charge < -0.3 is 5.11 Å². The third-order valence-corrected chi connectivity index (χ3v) is 4.67. The number of aryl methyl sites for hydroxylation is 1. The van der Waals surface area contributed by atoms with Gasteiger partial charge in [0.05, 0.1) is 5.41 Å². The van der Waals surface area contributed by atoms with Crippen molar-refractivity contribution in [3.8, 4) is 0 Å². The van der Waals surface area contributed by atoms with Gasteiger partial charge in [0.2, 0.25) is 0 Å². The Labute approximate surface area is 108 Å². The second-order valence-electron chi connectivity index (χ2n) is 5.88. The summed E-state index contributed by atoms with van der Waals surface area (Å²) in [5.41, 5.74) is 1.74. The van der Waals surface area contributed by atoms with E-state index in [2.05, 4.69) is 6.07 Å². The number of fused-ring (bicyclic) bond motifs is 1. The van der Waals surface area contributed by atoms with E-state index >= 15 is 0 Å². The van der Waals surface area contributed by atoms with Gasteiger partial charge >= 0.3 is 5.97 Å². The highest BCUT2D eigenvalue weighted by Gasteiger charge is 2.43. The summed E-state index contributed by atoms with van der Waals surface area (Å²) in [5, 5.41) is 9.77. The summed E-state index contributed by atoms with van der Waals surface area (Å²) in [5.74, 6) is 0.186. The van der Waals surface area contributed by atoms with Crippen LogP contribution < -0.4 is 0 Å². The van der Waals surface area contributed by atoms with Crippen LogP contribution in [0.3, 0.4) is 0 Å². The molecule has 0 bridgehead atoms. The van der Waals surface area contributed by atoms with Crippen molar-refractivity contribution in [1.29, 1.82) is 0 Å². The summed E-state index contributed by atoms with van der Waals surface area (Å²) >= 11 is 0. The van der Waals surface area contributed by atoms with Crippen molar-refractivity contribution in [2.45, 2.75) is 50.4 Å². The lowest BCUT2D eigenvalue weighted by Gasteiger charge is -2.35. The molecule has 96 valence electrons. The monoisotopic (exact) mass is 244 g/mol. The van der Waals surface area contributed by atoms with Crippen LogP contribution in [0.25, 0.3) is 0 Å². The van der Waals surface area contributed by atoms with E-state index in [1.165, 1.54) is 18.4 Å². The fourth-order valence-corrected chi connectivity index (χ4v) is 3.37. The number of carboxylic acids is 1. The predicted octanol–water partition coefficient (Wildman–Crippen LogP) is 3.54. The van der Waals surface area contributed by atoms with Crippen LogP contribution in [-0.2, 0) is 16.6 Å². The van der Waals surface area contributed by atoms with Crippen molar-refractivity contribution in [1.82, 2.24) is 0 Å². The Morgan fingerprint density at radius 1 is 1.33 bits per heavy atom. The lowest BCUT2D eigenvalue weighted by atomic mass is 9.67.